The first-order chi connectivity index (χ1) is 18.1. The van der Waals surface area contributed by atoms with Crippen molar-refractivity contribution in [3.8, 4) is 22.6 Å². The van der Waals surface area contributed by atoms with Gasteiger partial charge in [0.1, 0.15) is 19.0 Å². The van der Waals surface area contributed by atoms with Gasteiger partial charge in [-0.25, -0.2) is 0 Å². The van der Waals surface area contributed by atoms with Crippen molar-refractivity contribution in [3.05, 3.63) is 83.6 Å². The Morgan fingerprint density at radius 1 is 0.946 bits per heavy atom. The van der Waals surface area contributed by atoms with Crippen LogP contribution in [0.15, 0.2) is 71.3 Å². The van der Waals surface area contributed by atoms with Crippen LogP contribution in [0.4, 0.5) is 0 Å². The van der Waals surface area contributed by atoms with Gasteiger partial charge in [-0.2, -0.15) is 0 Å². The molecule has 1 aliphatic rings. The number of nitrogens with zero attached hydrogens (tertiary/aromatic N) is 1. The summed E-state index contributed by atoms with van der Waals surface area (Å²) in [6.07, 6.45) is 1.60. The number of hydrogen-bond donors (Lipinski definition) is 1. The van der Waals surface area contributed by atoms with Crippen LogP contribution in [0.5, 0.6) is 11.5 Å². The zero-order chi connectivity index (χ0) is 25.6. The third kappa shape index (κ3) is 6.13. The summed E-state index contributed by atoms with van der Waals surface area (Å²) in [6.45, 7) is 7.01. The molecule has 1 aromatic heterocycles. The van der Waals surface area contributed by atoms with Crippen LogP contribution >= 0.6 is 0 Å². The van der Waals surface area contributed by atoms with Crippen LogP contribution in [-0.2, 0) is 22.6 Å². The second-order valence-corrected chi connectivity index (χ2v) is 9.25. The SMILES string of the molecule is Cc1cccc(-c2cc(OCCN3CCOCC3)c3occ(COc4ccccc4CC(=O)O)c3c2)c1. The van der Waals surface area contributed by atoms with E-state index < -0.39 is 5.97 Å². The Hall–Kier alpha value is -3.81. The average Bonchev–Trinajstić information content (AvgIpc) is 3.31. The predicted octanol–water partition coefficient (Wildman–Crippen LogP) is 5.33. The molecule has 1 fully saturated rings. The Labute approximate surface area is 216 Å². The monoisotopic (exact) mass is 501 g/mol. The van der Waals surface area contributed by atoms with E-state index in [4.69, 9.17) is 18.6 Å². The van der Waals surface area contributed by atoms with Gasteiger partial charge in [0.15, 0.2) is 11.3 Å². The van der Waals surface area contributed by atoms with Crippen LogP contribution in [0.3, 0.4) is 0 Å². The highest BCUT2D eigenvalue weighted by Crippen LogP contribution is 2.36. The third-order valence-corrected chi connectivity index (χ3v) is 6.54. The number of benzene rings is 3. The van der Waals surface area contributed by atoms with Crippen molar-refractivity contribution in [2.75, 3.05) is 39.5 Å². The molecule has 2 heterocycles. The summed E-state index contributed by atoms with van der Waals surface area (Å²) in [5.74, 6) is 0.349. The number of carboxylic acid groups (broad SMARTS) is 1. The molecular formula is C30H31NO6. The standard InChI is InChI=1S/C30H31NO6/c1-21-5-4-7-22(15-21)24-16-26-25(19-36-27-8-3-2-6-23(27)18-29(32)33)20-37-30(26)28(17-24)35-14-11-31-9-12-34-13-10-31/h2-8,15-17,20H,9-14,18-19H2,1H3,(H,32,33). The van der Waals surface area contributed by atoms with Crippen molar-refractivity contribution in [3.63, 3.8) is 0 Å². The highest BCUT2D eigenvalue weighted by Gasteiger charge is 2.17. The van der Waals surface area contributed by atoms with Gasteiger partial charge in [0.25, 0.3) is 0 Å². The van der Waals surface area contributed by atoms with E-state index in [1.54, 1.807) is 18.4 Å². The van der Waals surface area contributed by atoms with Gasteiger partial charge in [-0.05, 0) is 36.2 Å². The lowest BCUT2D eigenvalue weighted by molar-refractivity contribution is -0.136. The molecule has 0 saturated carbocycles. The molecule has 0 unspecified atom stereocenters. The Bertz CT molecular complexity index is 1370. The number of aryl methyl sites for hydroxylation is 1. The van der Waals surface area contributed by atoms with Gasteiger partial charge < -0.3 is 23.7 Å². The predicted molar refractivity (Wildman–Crippen MR) is 141 cm³/mol. The van der Waals surface area contributed by atoms with Gasteiger partial charge >= 0.3 is 5.97 Å². The number of ether oxygens (including phenoxy) is 3. The molecule has 0 bridgehead atoms. The molecule has 0 radical (unpaired) electrons. The second kappa shape index (κ2) is 11.5. The highest BCUT2D eigenvalue weighted by molar-refractivity contribution is 5.91. The fourth-order valence-electron chi connectivity index (χ4n) is 4.58. The fraction of sp³-hybridized carbons (Fsp3) is 0.300. The van der Waals surface area contributed by atoms with E-state index in [1.807, 2.05) is 24.3 Å². The Morgan fingerprint density at radius 2 is 1.78 bits per heavy atom. The number of morpholine rings is 1. The average molecular weight is 502 g/mol. The normalized spacial score (nSPS) is 14.1. The molecule has 3 aromatic carbocycles. The summed E-state index contributed by atoms with van der Waals surface area (Å²) in [4.78, 5) is 13.6. The van der Waals surface area contributed by atoms with Crippen LogP contribution in [-0.4, -0.2) is 55.4 Å². The molecule has 0 atom stereocenters. The lowest BCUT2D eigenvalue weighted by atomic mass is 10.0. The van der Waals surface area contributed by atoms with Gasteiger partial charge in [0.05, 0.1) is 25.9 Å². The second-order valence-electron chi connectivity index (χ2n) is 9.25. The summed E-state index contributed by atoms with van der Waals surface area (Å²) in [5, 5.41) is 10.1. The Balaban J connectivity index is 1.42. The number of carbonyl (C=O) groups is 1. The Morgan fingerprint density at radius 3 is 2.59 bits per heavy atom. The molecule has 1 aliphatic heterocycles. The molecule has 7 heteroatoms. The van der Waals surface area contributed by atoms with Crippen molar-refractivity contribution in [1.82, 2.24) is 4.90 Å². The van der Waals surface area contributed by atoms with Gasteiger partial charge in [-0.15, -0.1) is 0 Å². The first kappa shape index (κ1) is 24.9. The molecule has 192 valence electrons. The van der Waals surface area contributed by atoms with Crippen molar-refractivity contribution in [2.24, 2.45) is 0 Å². The van der Waals surface area contributed by atoms with E-state index in [0.717, 1.165) is 54.9 Å². The molecule has 5 rings (SSSR count). The highest BCUT2D eigenvalue weighted by atomic mass is 16.5. The van der Waals surface area contributed by atoms with Crippen molar-refractivity contribution >= 4 is 16.9 Å². The molecule has 0 aliphatic carbocycles. The summed E-state index contributed by atoms with van der Waals surface area (Å²) < 4.78 is 23.8. The Kier molecular flexibility index (Phi) is 7.73. The number of rotatable bonds is 10. The van der Waals surface area contributed by atoms with E-state index in [2.05, 4.69) is 36.1 Å². The zero-order valence-corrected chi connectivity index (χ0v) is 20.9. The molecule has 1 N–H and O–H groups in total. The van der Waals surface area contributed by atoms with Crippen LogP contribution in [0, 0.1) is 6.92 Å². The fourth-order valence-corrected chi connectivity index (χ4v) is 4.58. The maximum Gasteiger partial charge on any atom is 0.307 e. The smallest absolute Gasteiger partial charge is 0.307 e. The summed E-state index contributed by atoms with van der Waals surface area (Å²) in [6, 6.07) is 19.7. The van der Waals surface area contributed by atoms with Crippen molar-refractivity contribution in [2.45, 2.75) is 20.0 Å². The molecule has 37 heavy (non-hydrogen) atoms. The molecule has 7 nitrogen and oxygen atoms in total. The number of furan rings is 1. The van der Waals surface area contributed by atoms with E-state index in [-0.39, 0.29) is 13.0 Å². The number of hydrogen-bond acceptors (Lipinski definition) is 6. The quantitative estimate of drug-likeness (QED) is 0.315. The van der Waals surface area contributed by atoms with E-state index >= 15 is 0 Å². The van der Waals surface area contributed by atoms with Gasteiger partial charge in [0.2, 0.25) is 0 Å². The molecule has 0 spiro atoms. The topological polar surface area (TPSA) is 81.4 Å². The minimum atomic E-state index is -0.897. The van der Waals surface area contributed by atoms with Crippen molar-refractivity contribution in [1.29, 1.82) is 0 Å². The third-order valence-electron chi connectivity index (χ3n) is 6.54. The van der Waals surface area contributed by atoms with Crippen LogP contribution in [0.25, 0.3) is 22.1 Å². The summed E-state index contributed by atoms with van der Waals surface area (Å²) in [7, 11) is 0. The molecular weight excluding hydrogens is 470 g/mol. The minimum absolute atomic E-state index is 0.0963. The molecule has 4 aromatic rings. The van der Waals surface area contributed by atoms with E-state index in [9.17, 15) is 9.90 Å². The lowest BCUT2D eigenvalue weighted by Gasteiger charge is -2.26. The minimum Gasteiger partial charge on any atom is -0.488 e. The van der Waals surface area contributed by atoms with Crippen LogP contribution < -0.4 is 9.47 Å². The number of aliphatic carboxylic acids is 1. The maximum absolute atomic E-state index is 11.3. The van der Waals surface area contributed by atoms with E-state index in [0.29, 0.717) is 29.3 Å². The molecule has 1 saturated heterocycles. The van der Waals surface area contributed by atoms with Gasteiger partial charge in [-0.1, -0.05) is 48.0 Å². The number of carboxylic acids is 1. The maximum atomic E-state index is 11.3. The van der Waals surface area contributed by atoms with Gasteiger partial charge in [-0.3, -0.25) is 9.69 Å². The zero-order valence-electron chi connectivity index (χ0n) is 20.9. The molecule has 0 amide bonds. The van der Waals surface area contributed by atoms with E-state index in [1.165, 1.54) is 5.56 Å². The first-order valence-corrected chi connectivity index (χ1v) is 12.5. The number of para-hydroxylation sites is 1. The lowest BCUT2D eigenvalue weighted by Crippen LogP contribution is -2.38. The first-order valence-electron chi connectivity index (χ1n) is 12.5. The van der Waals surface area contributed by atoms with Crippen molar-refractivity contribution < 1.29 is 28.5 Å². The van der Waals surface area contributed by atoms with Gasteiger partial charge in [0, 0.05) is 36.1 Å². The van der Waals surface area contributed by atoms with Crippen LogP contribution in [0.2, 0.25) is 0 Å². The summed E-state index contributed by atoms with van der Waals surface area (Å²) >= 11 is 0. The number of fused-ring (bicyclic) bond motifs is 1. The van der Waals surface area contributed by atoms with Crippen LogP contribution in [0.1, 0.15) is 16.7 Å². The summed E-state index contributed by atoms with van der Waals surface area (Å²) in [5.41, 5.74) is 5.49. The largest absolute Gasteiger partial charge is 0.488 e.